The molecule has 0 saturated heterocycles. The van der Waals surface area contributed by atoms with Gasteiger partial charge in [-0.15, -0.1) is 0 Å². The molecule has 1 unspecified atom stereocenters. The smallest absolute Gasteiger partial charge is 0.106 e. The molecule has 16 heavy (non-hydrogen) atoms. The highest BCUT2D eigenvalue weighted by molar-refractivity contribution is 5.75. The Morgan fingerprint density at radius 1 is 1.44 bits per heavy atom. The van der Waals surface area contributed by atoms with Crippen molar-refractivity contribution in [2.45, 2.75) is 26.0 Å². The normalized spacial score (nSPS) is 15.2. The molecule has 1 heterocycles. The largest absolute Gasteiger partial charge is 0.387 e. The van der Waals surface area contributed by atoms with Crippen LogP contribution >= 0.6 is 0 Å². The second kappa shape index (κ2) is 3.88. The highest BCUT2D eigenvalue weighted by Gasteiger charge is 2.21. The Labute approximate surface area is 94.7 Å². The summed E-state index contributed by atoms with van der Waals surface area (Å²) >= 11 is 0. The number of hydrogen-bond acceptors (Lipinski definition) is 3. The highest BCUT2D eigenvalue weighted by atomic mass is 16.3. The number of aryl methyl sites for hydroxylation is 1. The second-order valence-electron chi connectivity index (χ2n) is 4.43. The topological polar surface area (TPSA) is 64.1 Å². The van der Waals surface area contributed by atoms with Gasteiger partial charge in [-0.3, -0.25) is 0 Å². The monoisotopic (exact) mass is 219 g/mol. The lowest BCUT2D eigenvalue weighted by molar-refractivity contribution is 0.0513. The van der Waals surface area contributed by atoms with Crippen molar-refractivity contribution in [2.75, 3.05) is 6.54 Å². The van der Waals surface area contributed by atoms with Gasteiger partial charge >= 0.3 is 0 Å². The third-order valence-electron chi connectivity index (χ3n) is 2.78. The van der Waals surface area contributed by atoms with E-state index in [4.69, 9.17) is 5.73 Å². The third kappa shape index (κ3) is 1.94. The first-order chi connectivity index (χ1) is 7.53. The number of para-hydroxylation sites is 2. The third-order valence-corrected chi connectivity index (χ3v) is 2.78. The zero-order chi connectivity index (χ0) is 11.8. The lowest BCUT2D eigenvalue weighted by Gasteiger charge is -2.22. The van der Waals surface area contributed by atoms with Crippen LogP contribution in [0.3, 0.4) is 0 Å². The minimum absolute atomic E-state index is 0.235. The van der Waals surface area contributed by atoms with E-state index >= 15 is 0 Å². The summed E-state index contributed by atoms with van der Waals surface area (Å²) in [4.78, 5) is 4.44. The van der Waals surface area contributed by atoms with E-state index in [1.54, 1.807) is 6.92 Å². The molecule has 0 aliphatic heterocycles. The van der Waals surface area contributed by atoms with Crippen LogP contribution in [0.2, 0.25) is 0 Å². The first kappa shape index (κ1) is 11.1. The summed E-state index contributed by atoms with van der Waals surface area (Å²) in [6.45, 7) is 4.38. The van der Waals surface area contributed by atoms with Crippen molar-refractivity contribution >= 4 is 11.0 Å². The number of hydrogen-bond donors (Lipinski definition) is 2. The van der Waals surface area contributed by atoms with Gasteiger partial charge in [0.1, 0.15) is 5.82 Å². The first-order valence-corrected chi connectivity index (χ1v) is 5.38. The molecule has 4 nitrogen and oxygen atoms in total. The van der Waals surface area contributed by atoms with E-state index in [0.717, 1.165) is 16.9 Å². The average molecular weight is 219 g/mol. The average Bonchev–Trinajstić information content (AvgIpc) is 2.56. The van der Waals surface area contributed by atoms with Crippen LogP contribution in [0.15, 0.2) is 24.3 Å². The van der Waals surface area contributed by atoms with Crippen LogP contribution in [-0.2, 0) is 6.54 Å². The van der Waals surface area contributed by atoms with Gasteiger partial charge in [0.05, 0.1) is 23.2 Å². The maximum atomic E-state index is 10.0. The molecule has 0 amide bonds. The van der Waals surface area contributed by atoms with E-state index in [9.17, 15) is 5.11 Å². The molecule has 1 aromatic heterocycles. The van der Waals surface area contributed by atoms with Crippen molar-refractivity contribution in [3.05, 3.63) is 30.1 Å². The van der Waals surface area contributed by atoms with Gasteiger partial charge < -0.3 is 15.4 Å². The Kier molecular flexibility index (Phi) is 2.69. The Morgan fingerprint density at radius 3 is 2.81 bits per heavy atom. The summed E-state index contributed by atoms with van der Waals surface area (Å²) in [7, 11) is 0. The van der Waals surface area contributed by atoms with Crippen molar-refractivity contribution in [3.8, 4) is 0 Å². The molecule has 0 fully saturated rings. The van der Waals surface area contributed by atoms with Crippen LogP contribution in [0, 0.1) is 6.92 Å². The minimum Gasteiger partial charge on any atom is -0.387 e. The Hall–Kier alpha value is -1.39. The molecule has 0 bridgehead atoms. The standard InChI is InChI=1S/C12H17N3O/c1-9-14-10-5-3-4-6-11(10)15(9)8-12(2,16)7-13/h3-6,16H,7-8,13H2,1-2H3. The number of benzene rings is 1. The Morgan fingerprint density at radius 2 is 2.12 bits per heavy atom. The second-order valence-corrected chi connectivity index (χ2v) is 4.43. The fraction of sp³-hybridized carbons (Fsp3) is 0.417. The summed E-state index contributed by atoms with van der Waals surface area (Å²) in [5.74, 6) is 0.898. The van der Waals surface area contributed by atoms with E-state index in [0.29, 0.717) is 6.54 Å². The minimum atomic E-state index is -0.895. The van der Waals surface area contributed by atoms with E-state index in [1.165, 1.54) is 0 Å². The van der Waals surface area contributed by atoms with Gasteiger partial charge in [0.15, 0.2) is 0 Å². The predicted molar refractivity (Wildman–Crippen MR) is 64.1 cm³/mol. The van der Waals surface area contributed by atoms with Gasteiger partial charge in [-0.25, -0.2) is 4.98 Å². The fourth-order valence-corrected chi connectivity index (χ4v) is 1.80. The van der Waals surface area contributed by atoms with Crippen LogP contribution in [0.1, 0.15) is 12.7 Å². The van der Waals surface area contributed by atoms with Crippen molar-refractivity contribution < 1.29 is 5.11 Å². The SMILES string of the molecule is Cc1nc2ccccc2n1CC(C)(O)CN. The lowest BCUT2D eigenvalue weighted by atomic mass is 10.1. The van der Waals surface area contributed by atoms with Gasteiger partial charge in [-0.1, -0.05) is 12.1 Å². The summed E-state index contributed by atoms with van der Waals surface area (Å²) in [6.07, 6.45) is 0. The van der Waals surface area contributed by atoms with Crippen LogP contribution in [0.4, 0.5) is 0 Å². The molecule has 2 aromatic rings. The molecule has 0 aliphatic rings. The number of aliphatic hydroxyl groups is 1. The lowest BCUT2D eigenvalue weighted by Crippen LogP contribution is -2.38. The van der Waals surface area contributed by atoms with Gasteiger partial charge in [0, 0.05) is 6.54 Å². The van der Waals surface area contributed by atoms with Crippen molar-refractivity contribution in [1.29, 1.82) is 0 Å². The van der Waals surface area contributed by atoms with Gasteiger partial charge in [0.2, 0.25) is 0 Å². The molecular weight excluding hydrogens is 202 g/mol. The summed E-state index contributed by atoms with van der Waals surface area (Å²) in [5.41, 5.74) is 6.63. The maximum Gasteiger partial charge on any atom is 0.106 e. The molecule has 2 rings (SSSR count). The predicted octanol–water partition coefficient (Wildman–Crippen LogP) is 1.05. The quantitative estimate of drug-likeness (QED) is 0.811. The Balaban J connectivity index is 2.47. The number of nitrogens with two attached hydrogens (primary N) is 1. The number of aromatic nitrogens is 2. The van der Waals surface area contributed by atoms with Crippen molar-refractivity contribution in [1.82, 2.24) is 9.55 Å². The number of imidazole rings is 1. The molecule has 1 aromatic carbocycles. The van der Waals surface area contributed by atoms with Crippen LogP contribution in [0.5, 0.6) is 0 Å². The van der Waals surface area contributed by atoms with E-state index in [2.05, 4.69) is 4.98 Å². The molecule has 0 saturated carbocycles. The number of fused-ring (bicyclic) bond motifs is 1. The molecular formula is C12H17N3O. The molecule has 0 radical (unpaired) electrons. The molecule has 3 N–H and O–H groups in total. The molecule has 1 atom stereocenters. The number of rotatable bonds is 3. The van der Waals surface area contributed by atoms with Crippen LogP contribution < -0.4 is 5.73 Å². The van der Waals surface area contributed by atoms with E-state index in [1.807, 2.05) is 35.8 Å². The number of nitrogens with zero attached hydrogens (tertiary/aromatic N) is 2. The summed E-state index contributed by atoms with van der Waals surface area (Å²) < 4.78 is 2.00. The van der Waals surface area contributed by atoms with Crippen LogP contribution in [0.25, 0.3) is 11.0 Å². The molecule has 0 spiro atoms. The van der Waals surface area contributed by atoms with Crippen molar-refractivity contribution in [3.63, 3.8) is 0 Å². The maximum absolute atomic E-state index is 10.0. The zero-order valence-corrected chi connectivity index (χ0v) is 9.64. The van der Waals surface area contributed by atoms with Crippen LogP contribution in [-0.4, -0.2) is 26.8 Å². The molecule has 86 valence electrons. The van der Waals surface area contributed by atoms with E-state index in [-0.39, 0.29) is 6.54 Å². The summed E-state index contributed by atoms with van der Waals surface area (Å²) in [6, 6.07) is 7.90. The Bertz CT molecular complexity index is 502. The van der Waals surface area contributed by atoms with Gasteiger partial charge in [-0.05, 0) is 26.0 Å². The first-order valence-electron chi connectivity index (χ1n) is 5.38. The zero-order valence-electron chi connectivity index (χ0n) is 9.64. The van der Waals surface area contributed by atoms with Gasteiger partial charge in [0.25, 0.3) is 0 Å². The molecule has 4 heteroatoms. The summed E-state index contributed by atoms with van der Waals surface area (Å²) in [5, 5.41) is 10.0. The van der Waals surface area contributed by atoms with E-state index < -0.39 is 5.60 Å². The highest BCUT2D eigenvalue weighted by Crippen LogP contribution is 2.18. The molecule has 0 aliphatic carbocycles. The fourth-order valence-electron chi connectivity index (χ4n) is 1.80. The van der Waals surface area contributed by atoms with Crippen molar-refractivity contribution in [2.24, 2.45) is 5.73 Å². The van der Waals surface area contributed by atoms with Gasteiger partial charge in [-0.2, -0.15) is 0 Å².